The first-order valence-corrected chi connectivity index (χ1v) is 16.1. The summed E-state index contributed by atoms with van der Waals surface area (Å²) >= 11 is 5.15. The smallest absolute Gasteiger partial charge is 0.180 e. The molecular formula is C30H30O6S3. The van der Waals surface area contributed by atoms with Gasteiger partial charge in [0.15, 0.2) is 34.5 Å². The van der Waals surface area contributed by atoms with Gasteiger partial charge in [0.1, 0.15) is 0 Å². The highest BCUT2D eigenvalue weighted by Gasteiger charge is 2.36. The van der Waals surface area contributed by atoms with Crippen LogP contribution >= 0.6 is 34.0 Å². The number of rotatable bonds is 12. The Hall–Kier alpha value is -2.88. The first-order valence-electron chi connectivity index (χ1n) is 13.7. The van der Waals surface area contributed by atoms with Crippen molar-refractivity contribution in [2.75, 3.05) is 39.6 Å². The molecule has 204 valence electrons. The zero-order valence-corrected chi connectivity index (χ0v) is 25.4. The molecule has 0 aliphatic heterocycles. The lowest BCUT2D eigenvalue weighted by molar-refractivity contribution is 0.294. The molecule has 0 aliphatic rings. The van der Waals surface area contributed by atoms with Gasteiger partial charge in [0.05, 0.1) is 67.8 Å². The fourth-order valence-corrected chi connectivity index (χ4v) is 9.87. The molecule has 0 unspecified atom stereocenters. The second-order valence-corrected chi connectivity index (χ2v) is 12.2. The third-order valence-corrected chi connectivity index (χ3v) is 10.6. The maximum absolute atomic E-state index is 6.37. The minimum atomic E-state index is 0.546. The van der Waals surface area contributed by atoms with E-state index in [1.54, 1.807) is 34.0 Å². The van der Waals surface area contributed by atoms with Gasteiger partial charge in [-0.2, -0.15) is 0 Å². The van der Waals surface area contributed by atoms with Gasteiger partial charge in [-0.25, -0.2) is 0 Å². The summed E-state index contributed by atoms with van der Waals surface area (Å²) < 4.78 is 44.8. The predicted molar refractivity (Wildman–Crippen MR) is 166 cm³/mol. The zero-order valence-electron chi connectivity index (χ0n) is 22.9. The molecule has 9 heteroatoms. The van der Waals surface area contributed by atoms with Gasteiger partial charge in [0.2, 0.25) is 0 Å². The van der Waals surface area contributed by atoms with E-state index in [2.05, 4.69) is 0 Å². The zero-order chi connectivity index (χ0) is 27.0. The fourth-order valence-electron chi connectivity index (χ4n) is 5.96. The largest absolute Gasteiger partial charge is 0.488 e. The third kappa shape index (κ3) is 3.12. The monoisotopic (exact) mass is 582 g/mol. The van der Waals surface area contributed by atoms with Crippen LogP contribution in [0, 0.1) is 0 Å². The summed E-state index contributed by atoms with van der Waals surface area (Å²) in [7, 11) is 0. The van der Waals surface area contributed by atoms with Gasteiger partial charge in [0, 0.05) is 32.3 Å². The van der Waals surface area contributed by atoms with E-state index in [1.807, 2.05) is 41.5 Å². The molecule has 3 aromatic heterocycles. The van der Waals surface area contributed by atoms with Crippen LogP contribution in [0.15, 0.2) is 0 Å². The van der Waals surface area contributed by atoms with Gasteiger partial charge in [-0.05, 0) is 41.5 Å². The van der Waals surface area contributed by atoms with Gasteiger partial charge in [-0.15, -0.1) is 34.0 Å². The van der Waals surface area contributed by atoms with E-state index < -0.39 is 0 Å². The van der Waals surface area contributed by atoms with Gasteiger partial charge in [0.25, 0.3) is 0 Å². The van der Waals surface area contributed by atoms with Gasteiger partial charge >= 0.3 is 0 Å². The number of ether oxygens (including phenoxy) is 6. The Bertz CT molecular complexity index is 1560. The molecule has 7 rings (SSSR count). The molecule has 0 bridgehead atoms. The molecule has 3 heterocycles. The SMILES string of the molecule is CCOc1c(OCC)c2sc3c(OCC)c(OCC)c4sc5c(OCC)c(OCC)c6sc1c1c2c3c4c5c61. The van der Waals surface area contributed by atoms with Crippen molar-refractivity contribution >= 4 is 94.5 Å². The van der Waals surface area contributed by atoms with Gasteiger partial charge in [-0.1, -0.05) is 0 Å². The molecule has 0 aliphatic carbocycles. The molecule has 0 amide bonds. The fraction of sp³-hybridized carbons (Fsp3) is 0.400. The van der Waals surface area contributed by atoms with Crippen LogP contribution in [-0.2, 0) is 0 Å². The van der Waals surface area contributed by atoms with Crippen molar-refractivity contribution in [1.82, 2.24) is 0 Å². The number of benzene rings is 4. The molecule has 0 N–H and O–H groups in total. The summed E-state index contributed by atoms with van der Waals surface area (Å²) in [6.45, 7) is 15.4. The van der Waals surface area contributed by atoms with Crippen LogP contribution in [0.4, 0.5) is 0 Å². The Labute approximate surface area is 237 Å². The first-order chi connectivity index (χ1) is 19.1. The summed E-state index contributed by atoms with van der Waals surface area (Å²) in [5, 5.41) is 7.31. The van der Waals surface area contributed by atoms with Crippen molar-refractivity contribution < 1.29 is 28.4 Å². The summed E-state index contributed by atoms with van der Waals surface area (Å²) in [5.41, 5.74) is 0. The Kier molecular flexibility index (Phi) is 6.02. The second-order valence-electron chi connectivity index (χ2n) is 9.10. The maximum atomic E-state index is 6.37. The normalized spacial score (nSPS) is 12.5. The standard InChI is InChI=1S/C30H30O6S3/c1-7-31-19-20(32-8-2)26-14-13-15-17-18-16(14)28(38-26)23(35-11-5)24(36-12-6)30(18)39-29(17)22(34-10-4)21(33-9-3)27(15)37-25(13)19/h7-12H2,1-6H3. The van der Waals surface area contributed by atoms with Crippen molar-refractivity contribution in [3.8, 4) is 34.5 Å². The minimum Gasteiger partial charge on any atom is -0.488 e. The molecule has 4 aromatic carbocycles. The van der Waals surface area contributed by atoms with Crippen molar-refractivity contribution in [1.29, 1.82) is 0 Å². The molecule has 0 saturated carbocycles. The molecule has 7 aromatic rings. The topological polar surface area (TPSA) is 55.4 Å². The summed E-state index contributed by atoms with van der Waals surface area (Å²) in [5.74, 6) is 4.84. The highest BCUT2D eigenvalue weighted by atomic mass is 32.1. The van der Waals surface area contributed by atoms with E-state index in [1.165, 1.54) is 32.3 Å². The van der Waals surface area contributed by atoms with Gasteiger partial charge < -0.3 is 28.4 Å². The van der Waals surface area contributed by atoms with Crippen molar-refractivity contribution in [2.45, 2.75) is 41.5 Å². The van der Waals surface area contributed by atoms with Crippen LogP contribution in [0.5, 0.6) is 34.5 Å². The van der Waals surface area contributed by atoms with E-state index in [0.29, 0.717) is 39.6 Å². The van der Waals surface area contributed by atoms with Crippen LogP contribution in [0.2, 0.25) is 0 Å². The Morgan fingerprint density at radius 2 is 0.462 bits per heavy atom. The number of thiophene rings is 3. The first kappa shape index (κ1) is 25.1. The van der Waals surface area contributed by atoms with Crippen LogP contribution in [0.3, 0.4) is 0 Å². The van der Waals surface area contributed by atoms with Crippen molar-refractivity contribution in [2.24, 2.45) is 0 Å². The average Bonchev–Trinajstić information content (AvgIpc) is 3.62. The van der Waals surface area contributed by atoms with E-state index in [4.69, 9.17) is 28.4 Å². The molecule has 6 nitrogen and oxygen atoms in total. The lowest BCUT2D eigenvalue weighted by Crippen LogP contribution is -2.00. The van der Waals surface area contributed by atoms with E-state index in [-0.39, 0.29) is 0 Å². The van der Waals surface area contributed by atoms with Gasteiger partial charge in [-0.3, -0.25) is 0 Å². The van der Waals surface area contributed by atoms with Crippen molar-refractivity contribution in [3.63, 3.8) is 0 Å². The summed E-state index contributed by atoms with van der Waals surface area (Å²) in [6.07, 6.45) is 0. The molecule has 39 heavy (non-hydrogen) atoms. The molecule has 0 radical (unpaired) electrons. The van der Waals surface area contributed by atoms with E-state index in [0.717, 1.165) is 62.7 Å². The second kappa shape index (κ2) is 9.35. The summed E-state index contributed by atoms with van der Waals surface area (Å²) in [4.78, 5) is 0. The lowest BCUT2D eigenvalue weighted by Gasteiger charge is -2.17. The highest BCUT2D eigenvalue weighted by molar-refractivity contribution is 7.31. The van der Waals surface area contributed by atoms with Crippen molar-refractivity contribution in [3.05, 3.63) is 0 Å². The Morgan fingerprint density at radius 3 is 0.590 bits per heavy atom. The number of hydrogen-bond acceptors (Lipinski definition) is 9. The minimum absolute atomic E-state index is 0.546. The highest BCUT2D eigenvalue weighted by Crippen LogP contribution is 2.66. The molecular weight excluding hydrogens is 553 g/mol. The maximum Gasteiger partial charge on any atom is 0.180 e. The number of hydrogen-bond donors (Lipinski definition) is 0. The van der Waals surface area contributed by atoms with E-state index in [9.17, 15) is 0 Å². The summed E-state index contributed by atoms with van der Waals surface area (Å²) in [6, 6.07) is 0. The lowest BCUT2D eigenvalue weighted by atomic mass is 9.93. The molecule has 0 saturated heterocycles. The van der Waals surface area contributed by atoms with E-state index >= 15 is 0 Å². The van der Waals surface area contributed by atoms with Crippen LogP contribution in [0.1, 0.15) is 41.5 Å². The quantitative estimate of drug-likeness (QED) is 0.134. The third-order valence-electron chi connectivity index (χ3n) is 7.06. The Balaban J connectivity index is 1.85. The molecule has 0 spiro atoms. The molecule has 0 atom stereocenters. The van der Waals surface area contributed by atoms with Crippen LogP contribution in [-0.4, -0.2) is 39.6 Å². The molecule has 0 fully saturated rings. The Morgan fingerprint density at radius 1 is 0.308 bits per heavy atom. The average molecular weight is 583 g/mol. The predicted octanol–water partition coefficient (Wildman–Crippen LogP) is 9.50. The van der Waals surface area contributed by atoms with Crippen LogP contribution in [0.25, 0.3) is 60.5 Å². The van der Waals surface area contributed by atoms with Crippen LogP contribution < -0.4 is 28.4 Å².